The van der Waals surface area contributed by atoms with Crippen LogP contribution in [0, 0.1) is 6.92 Å². The van der Waals surface area contributed by atoms with Crippen molar-refractivity contribution in [3.63, 3.8) is 0 Å². The van der Waals surface area contributed by atoms with E-state index in [1.807, 2.05) is 17.5 Å². The lowest BCUT2D eigenvalue weighted by Crippen LogP contribution is -2.36. The van der Waals surface area contributed by atoms with E-state index in [4.69, 9.17) is 4.74 Å². The third-order valence-electron chi connectivity index (χ3n) is 3.95. The molecule has 0 aromatic carbocycles. The molecule has 1 atom stereocenters. The minimum Gasteiger partial charge on any atom is -0.378 e. The maximum Gasteiger partial charge on any atom is 0.126 e. The molecule has 0 saturated carbocycles. The van der Waals surface area contributed by atoms with Crippen LogP contribution in [-0.2, 0) is 24.4 Å². The van der Waals surface area contributed by atoms with Gasteiger partial charge in [0.05, 0.1) is 24.5 Å². The van der Waals surface area contributed by atoms with E-state index in [0.717, 1.165) is 25.5 Å². The number of aromatic nitrogens is 2. The van der Waals surface area contributed by atoms with Gasteiger partial charge in [0.2, 0.25) is 0 Å². The Kier molecular flexibility index (Phi) is 3.92. The molecule has 3 heterocycles. The second-order valence-electron chi connectivity index (χ2n) is 5.35. The SMILES string of the molecule is COCc1cnc2n1CCN(Cc1ccc(C)s1)C2C. The van der Waals surface area contributed by atoms with Gasteiger partial charge in [0.15, 0.2) is 0 Å². The molecule has 1 aliphatic heterocycles. The molecule has 0 fully saturated rings. The second-order valence-corrected chi connectivity index (χ2v) is 6.72. The minimum absolute atomic E-state index is 0.358. The third kappa shape index (κ3) is 2.53. The summed E-state index contributed by atoms with van der Waals surface area (Å²) in [6.45, 7) is 8.14. The summed E-state index contributed by atoms with van der Waals surface area (Å²) in [5.74, 6) is 1.16. The molecule has 0 N–H and O–H groups in total. The van der Waals surface area contributed by atoms with Gasteiger partial charge in [-0.1, -0.05) is 0 Å². The Balaban J connectivity index is 1.77. The highest BCUT2D eigenvalue weighted by atomic mass is 32.1. The van der Waals surface area contributed by atoms with Crippen molar-refractivity contribution >= 4 is 11.3 Å². The first-order valence-corrected chi connectivity index (χ1v) is 7.83. The molecule has 0 amide bonds. The van der Waals surface area contributed by atoms with Crippen LogP contribution < -0.4 is 0 Å². The molecule has 20 heavy (non-hydrogen) atoms. The van der Waals surface area contributed by atoms with E-state index in [0.29, 0.717) is 12.6 Å². The summed E-state index contributed by atoms with van der Waals surface area (Å²) >= 11 is 1.89. The van der Waals surface area contributed by atoms with Gasteiger partial charge in [0.1, 0.15) is 5.82 Å². The lowest BCUT2D eigenvalue weighted by molar-refractivity contribution is 0.144. The smallest absolute Gasteiger partial charge is 0.126 e. The lowest BCUT2D eigenvalue weighted by atomic mass is 10.2. The van der Waals surface area contributed by atoms with Gasteiger partial charge in [-0.25, -0.2) is 4.98 Å². The Morgan fingerprint density at radius 3 is 2.95 bits per heavy atom. The van der Waals surface area contributed by atoms with Crippen LogP contribution in [0.4, 0.5) is 0 Å². The topological polar surface area (TPSA) is 30.3 Å². The maximum atomic E-state index is 5.24. The molecule has 5 heteroatoms. The van der Waals surface area contributed by atoms with E-state index < -0.39 is 0 Å². The molecule has 4 nitrogen and oxygen atoms in total. The van der Waals surface area contributed by atoms with Crippen molar-refractivity contribution in [1.82, 2.24) is 14.5 Å². The summed E-state index contributed by atoms with van der Waals surface area (Å²) < 4.78 is 7.55. The Hall–Kier alpha value is -1.17. The van der Waals surface area contributed by atoms with E-state index in [1.165, 1.54) is 15.4 Å². The van der Waals surface area contributed by atoms with Crippen LogP contribution in [0.25, 0.3) is 0 Å². The van der Waals surface area contributed by atoms with Crippen LogP contribution in [0.5, 0.6) is 0 Å². The third-order valence-corrected chi connectivity index (χ3v) is 4.93. The molecule has 0 saturated heterocycles. The molecule has 0 spiro atoms. The monoisotopic (exact) mass is 291 g/mol. The number of thiophene rings is 1. The summed E-state index contributed by atoms with van der Waals surface area (Å²) in [5, 5.41) is 0. The van der Waals surface area contributed by atoms with Crippen molar-refractivity contribution in [3.05, 3.63) is 39.6 Å². The van der Waals surface area contributed by atoms with E-state index in [1.54, 1.807) is 7.11 Å². The first kappa shape index (κ1) is 13.8. The Morgan fingerprint density at radius 1 is 1.40 bits per heavy atom. The molecule has 0 bridgehead atoms. The summed E-state index contributed by atoms with van der Waals surface area (Å²) in [6.07, 6.45) is 1.95. The normalized spacial score (nSPS) is 19.2. The molecule has 2 aromatic heterocycles. The zero-order chi connectivity index (χ0) is 14.1. The molecule has 1 aliphatic rings. The largest absolute Gasteiger partial charge is 0.378 e. The molecule has 108 valence electrons. The molecule has 0 aliphatic carbocycles. The van der Waals surface area contributed by atoms with Crippen LogP contribution in [0.2, 0.25) is 0 Å². The van der Waals surface area contributed by atoms with Gasteiger partial charge in [0.25, 0.3) is 0 Å². The summed E-state index contributed by atoms with van der Waals surface area (Å²) in [4.78, 5) is 9.92. The van der Waals surface area contributed by atoms with E-state index in [2.05, 4.69) is 40.4 Å². The fourth-order valence-electron chi connectivity index (χ4n) is 2.85. The average molecular weight is 291 g/mol. The van der Waals surface area contributed by atoms with E-state index in [-0.39, 0.29) is 0 Å². The predicted molar refractivity (Wildman–Crippen MR) is 80.8 cm³/mol. The van der Waals surface area contributed by atoms with Gasteiger partial charge in [0, 0.05) is 36.5 Å². The van der Waals surface area contributed by atoms with Gasteiger partial charge in [-0.2, -0.15) is 0 Å². The number of methoxy groups -OCH3 is 1. The number of ether oxygens (including phenoxy) is 1. The maximum absolute atomic E-state index is 5.24. The number of imidazole rings is 1. The molecule has 1 unspecified atom stereocenters. The average Bonchev–Trinajstić information content (AvgIpc) is 3.01. The number of fused-ring (bicyclic) bond motifs is 1. The van der Waals surface area contributed by atoms with Crippen molar-refractivity contribution < 1.29 is 4.74 Å². The first-order chi connectivity index (χ1) is 9.69. The van der Waals surface area contributed by atoms with E-state index in [9.17, 15) is 0 Å². The van der Waals surface area contributed by atoms with Crippen LogP contribution in [0.15, 0.2) is 18.3 Å². The Labute approximate surface area is 124 Å². The fraction of sp³-hybridized carbons (Fsp3) is 0.533. The molecule has 0 radical (unpaired) electrons. The number of nitrogens with zero attached hydrogens (tertiary/aromatic N) is 3. The fourth-order valence-corrected chi connectivity index (χ4v) is 3.77. The van der Waals surface area contributed by atoms with Gasteiger partial charge < -0.3 is 9.30 Å². The zero-order valence-corrected chi connectivity index (χ0v) is 13.1. The van der Waals surface area contributed by atoms with Crippen LogP contribution in [0.3, 0.4) is 0 Å². The van der Waals surface area contributed by atoms with Crippen molar-refractivity contribution in [2.75, 3.05) is 13.7 Å². The highest BCUT2D eigenvalue weighted by molar-refractivity contribution is 7.11. The summed E-state index contributed by atoms with van der Waals surface area (Å²) in [6, 6.07) is 4.80. The van der Waals surface area contributed by atoms with Gasteiger partial charge in [-0.3, -0.25) is 4.90 Å². The van der Waals surface area contributed by atoms with Gasteiger partial charge >= 0.3 is 0 Å². The number of hydrogen-bond donors (Lipinski definition) is 0. The van der Waals surface area contributed by atoms with Crippen molar-refractivity contribution in [1.29, 1.82) is 0 Å². The van der Waals surface area contributed by atoms with Crippen LogP contribution >= 0.6 is 11.3 Å². The highest BCUT2D eigenvalue weighted by Crippen LogP contribution is 2.28. The van der Waals surface area contributed by atoms with Crippen molar-refractivity contribution in [2.24, 2.45) is 0 Å². The quantitative estimate of drug-likeness (QED) is 0.867. The molecule has 3 rings (SSSR count). The van der Waals surface area contributed by atoms with E-state index >= 15 is 0 Å². The molecule has 2 aromatic rings. The zero-order valence-electron chi connectivity index (χ0n) is 12.3. The molecular weight excluding hydrogens is 270 g/mol. The predicted octanol–water partition coefficient (Wildman–Crippen LogP) is 2.98. The van der Waals surface area contributed by atoms with Crippen molar-refractivity contribution in [3.8, 4) is 0 Å². The minimum atomic E-state index is 0.358. The van der Waals surface area contributed by atoms with Crippen LogP contribution in [0.1, 0.15) is 34.2 Å². The summed E-state index contributed by atoms with van der Waals surface area (Å²) in [5.41, 5.74) is 1.18. The van der Waals surface area contributed by atoms with Gasteiger partial charge in [-0.05, 0) is 26.0 Å². The Bertz CT molecular complexity index is 590. The first-order valence-electron chi connectivity index (χ1n) is 7.01. The van der Waals surface area contributed by atoms with Gasteiger partial charge in [-0.15, -0.1) is 11.3 Å². The number of hydrogen-bond acceptors (Lipinski definition) is 4. The number of rotatable bonds is 4. The highest BCUT2D eigenvalue weighted by Gasteiger charge is 2.27. The Morgan fingerprint density at radius 2 is 2.25 bits per heavy atom. The van der Waals surface area contributed by atoms with Crippen LogP contribution in [-0.4, -0.2) is 28.1 Å². The standard InChI is InChI=1S/C15H21N3OS/c1-11-4-5-14(20-11)9-17-6-7-18-13(10-19-3)8-16-15(18)12(17)2/h4-5,8,12H,6-7,9-10H2,1-3H3. The molecular formula is C15H21N3OS. The lowest BCUT2D eigenvalue weighted by Gasteiger charge is -2.34. The second kappa shape index (κ2) is 5.68. The summed E-state index contributed by atoms with van der Waals surface area (Å²) in [7, 11) is 1.73. The number of aryl methyl sites for hydroxylation is 1. The van der Waals surface area contributed by atoms with Crippen molar-refractivity contribution in [2.45, 2.75) is 39.6 Å².